The van der Waals surface area contributed by atoms with Gasteiger partial charge in [-0.3, -0.25) is 4.79 Å². The Kier molecular flexibility index (Phi) is 5.37. The predicted octanol–water partition coefficient (Wildman–Crippen LogP) is 2.53. The van der Waals surface area contributed by atoms with Crippen LogP contribution in [0.1, 0.15) is 58.8 Å². The van der Waals surface area contributed by atoms with E-state index in [1.807, 2.05) is 13.8 Å². The van der Waals surface area contributed by atoms with Crippen LogP contribution in [0.15, 0.2) is 0 Å². The summed E-state index contributed by atoms with van der Waals surface area (Å²) in [5.41, 5.74) is 5.31. The van der Waals surface area contributed by atoms with Crippen LogP contribution in [0.25, 0.3) is 0 Å². The Balaban J connectivity index is 2.66. The zero-order valence-electron chi connectivity index (χ0n) is 10.9. The van der Waals surface area contributed by atoms with E-state index in [-0.39, 0.29) is 11.8 Å². The molecule has 0 aromatic rings. The third kappa shape index (κ3) is 3.41. The molecule has 0 atom stereocenters. The fraction of sp³-hybridized carbons (Fsp3) is 0.846. The van der Waals surface area contributed by atoms with Crippen molar-refractivity contribution in [3.63, 3.8) is 0 Å². The van der Waals surface area contributed by atoms with Crippen LogP contribution in [0.3, 0.4) is 0 Å². The number of amides is 1. The molecule has 1 aliphatic rings. The summed E-state index contributed by atoms with van der Waals surface area (Å²) < 4.78 is 0. The molecule has 0 saturated heterocycles. The maximum absolute atomic E-state index is 12.2. The van der Waals surface area contributed by atoms with Crippen LogP contribution in [0.4, 0.5) is 0 Å². The Morgan fingerprint density at radius 1 is 1.29 bits per heavy atom. The Bertz CT molecular complexity index is 281. The van der Waals surface area contributed by atoms with Crippen molar-refractivity contribution in [1.29, 1.82) is 0 Å². The first-order valence-corrected chi connectivity index (χ1v) is 7.08. The summed E-state index contributed by atoms with van der Waals surface area (Å²) in [6.07, 6.45) is 7.12. The van der Waals surface area contributed by atoms with E-state index in [0.29, 0.717) is 4.99 Å². The van der Waals surface area contributed by atoms with E-state index < -0.39 is 5.54 Å². The minimum absolute atomic E-state index is 0.140. The highest BCUT2D eigenvalue weighted by Crippen LogP contribution is 2.25. The first kappa shape index (κ1) is 14.4. The van der Waals surface area contributed by atoms with E-state index >= 15 is 0 Å². The van der Waals surface area contributed by atoms with E-state index in [9.17, 15) is 4.79 Å². The molecule has 1 amide bonds. The van der Waals surface area contributed by atoms with Crippen molar-refractivity contribution in [3.05, 3.63) is 0 Å². The summed E-state index contributed by atoms with van der Waals surface area (Å²) in [6, 6.07) is 0. The van der Waals surface area contributed by atoms with Crippen LogP contribution < -0.4 is 11.1 Å². The normalized spacial score (nSPS) is 17.8. The van der Waals surface area contributed by atoms with Crippen molar-refractivity contribution in [2.75, 3.05) is 0 Å². The molecule has 1 aliphatic carbocycles. The minimum atomic E-state index is -0.482. The van der Waals surface area contributed by atoms with E-state index in [1.54, 1.807) is 0 Å². The van der Waals surface area contributed by atoms with Gasteiger partial charge in [-0.05, 0) is 25.7 Å². The first-order chi connectivity index (χ1) is 8.05. The monoisotopic (exact) mass is 256 g/mol. The summed E-state index contributed by atoms with van der Waals surface area (Å²) in [7, 11) is 0. The molecule has 4 heteroatoms. The van der Waals surface area contributed by atoms with Crippen molar-refractivity contribution in [1.82, 2.24) is 5.32 Å². The fourth-order valence-corrected chi connectivity index (χ4v) is 2.88. The number of thiocarbonyl (C=S) groups is 1. The molecule has 17 heavy (non-hydrogen) atoms. The third-order valence-electron chi connectivity index (χ3n) is 4.02. The highest BCUT2D eigenvalue weighted by atomic mass is 32.1. The fourth-order valence-electron chi connectivity index (χ4n) is 2.54. The van der Waals surface area contributed by atoms with E-state index in [2.05, 4.69) is 5.32 Å². The maximum atomic E-state index is 12.2. The molecular formula is C13H24N2OS. The standard InChI is InChI=1S/C13H24N2OS/c1-3-13(4-2,12(14)17)15-11(16)10-8-6-5-7-9-10/h10H,3-9H2,1-2H3,(H2,14,17)(H,15,16). The Hall–Kier alpha value is -0.640. The average molecular weight is 256 g/mol. The van der Waals surface area contributed by atoms with E-state index in [1.165, 1.54) is 6.42 Å². The molecule has 1 saturated carbocycles. The van der Waals surface area contributed by atoms with Gasteiger partial charge < -0.3 is 11.1 Å². The van der Waals surface area contributed by atoms with Gasteiger partial charge in [-0.15, -0.1) is 0 Å². The van der Waals surface area contributed by atoms with Gasteiger partial charge in [0.25, 0.3) is 0 Å². The number of nitrogens with one attached hydrogen (secondary N) is 1. The minimum Gasteiger partial charge on any atom is -0.391 e. The van der Waals surface area contributed by atoms with Crippen molar-refractivity contribution in [2.45, 2.75) is 64.3 Å². The highest BCUT2D eigenvalue weighted by Gasteiger charge is 2.33. The molecule has 3 N–H and O–H groups in total. The molecule has 0 radical (unpaired) electrons. The second-order valence-electron chi connectivity index (χ2n) is 4.98. The molecule has 1 fully saturated rings. The molecule has 1 rings (SSSR count). The highest BCUT2D eigenvalue weighted by molar-refractivity contribution is 7.80. The van der Waals surface area contributed by atoms with Crippen molar-refractivity contribution in [3.8, 4) is 0 Å². The van der Waals surface area contributed by atoms with Crippen molar-refractivity contribution >= 4 is 23.1 Å². The predicted molar refractivity (Wildman–Crippen MR) is 74.8 cm³/mol. The zero-order chi connectivity index (χ0) is 12.9. The van der Waals surface area contributed by atoms with Crippen LogP contribution in [0, 0.1) is 5.92 Å². The third-order valence-corrected chi connectivity index (χ3v) is 4.41. The second kappa shape index (κ2) is 6.34. The molecule has 0 bridgehead atoms. The lowest BCUT2D eigenvalue weighted by Gasteiger charge is -2.34. The molecule has 0 unspecified atom stereocenters. The van der Waals surface area contributed by atoms with Crippen LogP contribution in [-0.2, 0) is 4.79 Å². The van der Waals surface area contributed by atoms with Gasteiger partial charge in [0.2, 0.25) is 5.91 Å². The molecule has 0 spiro atoms. The second-order valence-corrected chi connectivity index (χ2v) is 5.42. The van der Waals surface area contributed by atoms with Gasteiger partial charge in [-0.1, -0.05) is 45.3 Å². The van der Waals surface area contributed by atoms with Gasteiger partial charge >= 0.3 is 0 Å². The van der Waals surface area contributed by atoms with Crippen LogP contribution >= 0.6 is 12.2 Å². The molecule has 0 aromatic heterocycles. The maximum Gasteiger partial charge on any atom is 0.223 e. The van der Waals surface area contributed by atoms with Gasteiger partial charge in [-0.25, -0.2) is 0 Å². The number of carbonyl (C=O) groups is 1. The zero-order valence-corrected chi connectivity index (χ0v) is 11.7. The average Bonchev–Trinajstić information content (AvgIpc) is 2.36. The Morgan fingerprint density at radius 2 is 1.82 bits per heavy atom. The lowest BCUT2D eigenvalue weighted by molar-refractivity contribution is -0.127. The molecule has 0 heterocycles. The van der Waals surface area contributed by atoms with Crippen LogP contribution in [0.5, 0.6) is 0 Å². The molecule has 98 valence electrons. The van der Waals surface area contributed by atoms with Gasteiger partial charge in [-0.2, -0.15) is 0 Å². The van der Waals surface area contributed by atoms with Crippen molar-refractivity contribution in [2.24, 2.45) is 11.7 Å². The lowest BCUT2D eigenvalue weighted by atomic mass is 9.86. The number of hydrogen-bond donors (Lipinski definition) is 2. The lowest BCUT2D eigenvalue weighted by Crippen LogP contribution is -2.57. The van der Waals surface area contributed by atoms with Gasteiger partial charge in [0, 0.05) is 5.92 Å². The number of hydrogen-bond acceptors (Lipinski definition) is 2. The Morgan fingerprint density at radius 3 is 2.24 bits per heavy atom. The van der Waals surface area contributed by atoms with Gasteiger partial charge in [0.15, 0.2) is 0 Å². The van der Waals surface area contributed by atoms with E-state index in [0.717, 1.165) is 38.5 Å². The van der Waals surface area contributed by atoms with Gasteiger partial charge in [0.1, 0.15) is 0 Å². The van der Waals surface area contributed by atoms with Crippen LogP contribution in [-0.4, -0.2) is 16.4 Å². The molecule has 3 nitrogen and oxygen atoms in total. The first-order valence-electron chi connectivity index (χ1n) is 6.67. The molecular weight excluding hydrogens is 232 g/mol. The summed E-state index contributed by atoms with van der Waals surface area (Å²) >= 11 is 5.11. The Labute approximate surface area is 110 Å². The largest absolute Gasteiger partial charge is 0.391 e. The number of nitrogens with two attached hydrogens (primary N) is 1. The number of rotatable bonds is 5. The topological polar surface area (TPSA) is 55.1 Å². The summed E-state index contributed by atoms with van der Waals surface area (Å²) in [5.74, 6) is 0.303. The molecule has 0 aromatic carbocycles. The van der Waals surface area contributed by atoms with Crippen molar-refractivity contribution < 1.29 is 4.79 Å². The van der Waals surface area contributed by atoms with Gasteiger partial charge in [0.05, 0.1) is 10.5 Å². The summed E-state index contributed by atoms with van der Waals surface area (Å²) in [5, 5.41) is 3.09. The smallest absolute Gasteiger partial charge is 0.223 e. The molecule has 0 aliphatic heterocycles. The summed E-state index contributed by atoms with van der Waals surface area (Å²) in [4.78, 5) is 12.6. The summed E-state index contributed by atoms with van der Waals surface area (Å²) in [6.45, 7) is 4.04. The number of carbonyl (C=O) groups excluding carboxylic acids is 1. The SMILES string of the molecule is CCC(CC)(NC(=O)C1CCCCC1)C(N)=S. The quantitative estimate of drug-likeness (QED) is 0.743. The van der Waals surface area contributed by atoms with E-state index in [4.69, 9.17) is 18.0 Å². The van der Waals surface area contributed by atoms with Crippen LogP contribution in [0.2, 0.25) is 0 Å².